The number of nitrogens with one attached hydrogen (secondary N) is 1. The van der Waals surface area contributed by atoms with Crippen LogP contribution in [0.4, 0.5) is 10.1 Å². The van der Waals surface area contributed by atoms with Gasteiger partial charge in [-0.15, -0.1) is 11.3 Å². The van der Waals surface area contributed by atoms with Gasteiger partial charge in [0.2, 0.25) is 0 Å². The molecule has 7 nitrogen and oxygen atoms in total. The van der Waals surface area contributed by atoms with Crippen LogP contribution in [0.25, 0.3) is 0 Å². The molecular weight excluding hydrogens is 503 g/mol. The molecule has 0 bridgehead atoms. The van der Waals surface area contributed by atoms with Crippen molar-refractivity contribution in [2.24, 2.45) is 11.8 Å². The monoisotopic (exact) mass is 536 g/mol. The highest BCUT2D eigenvalue weighted by Crippen LogP contribution is 2.43. The third-order valence-electron chi connectivity index (χ3n) is 7.39. The molecule has 0 radical (unpaired) electrons. The van der Waals surface area contributed by atoms with Gasteiger partial charge in [0, 0.05) is 17.4 Å². The number of halogens is 1. The number of aromatic nitrogens is 1. The summed E-state index contributed by atoms with van der Waals surface area (Å²) < 4.78 is 47.5. The summed E-state index contributed by atoms with van der Waals surface area (Å²) >= 11 is 1.33. The van der Waals surface area contributed by atoms with Crippen LogP contribution < -0.4 is 9.46 Å². The minimum Gasteiger partial charge on any atom is -0.495 e. The number of anilines is 1. The Morgan fingerprint density at radius 2 is 1.94 bits per heavy atom. The Kier molecular flexibility index (Phi) is 8.34. The first-order chi connectivity index (χ1) is 17.2. The molecule has 2 N–H and O–H groups in total. The number of methoxy groups -OCH3 is 1. The predicted octanol–water partition coefficient (Wildman–Crippen LogP) is 6.59. The standard InChI is InChI=1S/C26H33FN2O5S2/c1-3-4-16-5-7-17(8-6-16)18-9-11-19(12-10-18)25-28-24(15-35-25)36(32,33)29-22-14-21(27)20(26(30)31)13-23(22)34-2/h7,13-16,18-19,29H,3-6,8-12H2,1-2H3,(H,30,31)/t16-,18?,19?/m1/s1. The predicted molar refractivity (Wildman–Crippen MR) is 138 cm³/mol. The number of aromatic carboxylic acids is 1. The van der Waals surface area contributed by atoms with Crippen LogP contribution in [0.15, 0.2) is 34.2 Å². The van der Waals surface area contributed by atoms with Crippen LogP contribution in [-0.4, -0.2) is 31.6 Å². The van der Waals surface area contributed by atoms with E-state index in [2.05, 4.69) is 22.7 Å². The molecule has 1 heterocycles. The van der Waals surface area contributed by atoms with E-state index in [0.717, 1.165) is 48.7 Å². The van der Waals surface area contributed by atoms with Gasteiger partial charge in [-0.1, -0.05) is 31.4 Å². The molecule has 0 spiro atoms. The second-order valence-corrected chi connectivity index (χ2v) is 12.2. The van der Waals surface area contributed by atoms with Crippen molar-refractivity contribution >= 4 is 33.0 Å². The Morgan fingerprint density at radius 1 is 1.22 bits per heavy atom. The lowest BCUT2D eigenvalue weighted by Gasteiger charge is -2.32. The van der Waals surface area contributed by atoms with Crippen LogP contribution in [0.3, 0.4) is 0 Å². The van der Waals surface area contributed by atoms with Crippen LogP contribution in [0.2, 0.25) is 0 Å². The zero-order chi connectivity index (χ0) is 25.9. The zero-order valence-electron chi connectivity index (χ0n) is 20.6. The Morgan fingerprint density at radius 3 is 2.56 bits per heavy atom. The van der Waals surface area contributed by atoms with Gasteiger partial charge in [0.1, 0.15) is 11.6 Å². The molecule has 10 heteroatoms. The van der Waals surface area contributed by atoms with Crippen molar-refractivity contribution in [3.8, 4) is 5.75 Å². The number of carbonyl (C=O) groups is 1. The van der Waals surface area contributed by atoms with Crippen LogP contribution >= 0.6 is 11.3 Å². The maximum atomic E-state index is 14.2. The molecule has 36 heavy (non-hydrogen) atoms. The number of rotatable bonds is 9. The third-order valence-corrected chi connectivity index (χ3v) is 9.80. The summed E-state index contributed by atoms with van der Waals surface area (Å²) in [7, 11) is -2.85. The first-order valence-corrected chi connectivity index (χ1v) is 14.9. The molecule has 1 fully saturated rings. The fourth-order valence-corrected chi connectivity index (χ4v) is 7.74. The summed E-state index contributed by atoms with van der Waals surface area (Å²) in [6, 6.07) is 1.75. The van der Waals surface area contributed by atoms with Crippen LogP contribution in [-0.2, 0) is 10.0 Å². The summed E-state index contributed by atoms with van der Waals surface area (Å²) in [5.41, 5.74) is 0.825. The number of carboxylic acid groups (broad SMARTS) is 1. The first-order valence-electron chi connectivity index (χ1n) is 12.5. The van der Waals surface area contributed by atoms with E-state index in [9.17, 15) is 17.6 Å². The Balaban J connectivity index is 1.41. The average molecular weight is 537 g/mol. The maximum absolute atomic E-state index is 14.2. The molecule has 0 amide bonds. The van der Waals surface area contributed by atoms with E-state index in [4.69, 9.17) is 9.84 Å². The van der Waals surface area contributed by atoms with Gasteiger partial charge < -0.3 is 9.84 Å². The normalized spacial score (nSPS) is 22.6. The van der Waals surface area contributed by atoms with Gasteiger partial charge in [-0.25, -0.2) is 14.2 Å². The number of carboxylic acids is 1. The number of sulfonamides is 1. The number of hydrogen-bond donors (Lipinski definition) is 2. The largest absolute Gasteiger partial charge is 0.495 e. The van der Waals surface area contributed by atoms with Gasteiger partial charge in [-0.05, 0) is 62.8 Å². The summed E-state index contributed by atoms with van der Waals surface area (Å²) in [5, 5.41) is 11.3. The van der Waals surface area contributed by atoms with Crippen LogP contribution in [0.1, 0.15) is 86.0 Å². The van der Waals surface area contributed by atoms with E-state index in [0.29, 0.717) is 5.92 Å². The number of thiazole rings is 1. The van der Waals surface area contributed by atoms with E-state index in [1.165, 1.54) is 55.9 Å². The second-order valence-electron chi connectivity index (χ2n) is 9.72. The smallest absolute Gasteiger partial charge is 0.338 e. The molecule has 2 aliphatic carbocycles. The van der Waals surface area contributed by atoms with Crippen LogP contribution in [0.5, 0.6) is 5.75 Å². The average Bonchev–Trinajstić information content (AvgIpc) is 3.36. The van der Waals surface area contributed by atoms with Crippen LogP contribution in [0, 0.1) is 17.7 Å². The highest BCUT2D eigenvalue weighted by molar-refractivity contribution is 7.92. The van der Waals surface area contributed by atoms with Crippen molar-refractivity contribution in [2.45, 2.75) is 75.7 Å². The molecule has 2 aliphatic rings. The molecule has 0 aliphatic heterocycles. The second kappa shape index (κ2) is 11.3. The molecule has 4 rings (SSSR count). The maximum Gasteiger partial charge on any atom is 0.338 e. The highest BCUT2D eigenvalue weighted by atomic mass is 32.2. The van der Waals surface area contributed by atoms with Crippen molar-refractivity contribution in [1.29, 1.82) is 0 Å². The van der Waals surface area contributed by atoms with E-state index in [-0.39, 0.29) is 22.4 Å². The molecule has 0 unspecified atom stereocenters. The van der Waals surface area contributed by atoms with E-state index in [1.54, 1.807) is 5.57 Å². The SMILES string of the molecule is CCC[C@@H]1CC=C(C2CCC(c3nc(S(=O)(=O)Nc4cc(F)c(C(=O)O)cc4OC)cs3)CC2)CC1. The molecule has 1 aromatic heterocycles. The minimum absolute atomic E-state index is 0.0933. The Bertz CT molecular complexity index is 1230. The van der Waals surface area contributed by atoms with E-state index in [1.807, 2.05) is 0 Å². The number of nitrogens with zero attached hydrogens (tertiary/aromatic N) is 1. The molecule has 1 atom stereocenters. The van der Waals surface area contributed by atoms with E-state index < -0.39 is 27.4 Å². The summed E-state index contributed by atoms with van der Waals surface area (Å²) in [5.74, 6) is -0.931. The summed E-state index contributed by atoms with van der Waals surface area (Å²) in [6.45, 7) is 2.25. The lowest BCUT2D eigenvalue weighted by molar-refractivity contribution is 0.0691. The molecule has 0 saturated heterocycles. The minimum atomic E-state index is -4.11. The van der Waals surface area contributed by atoms with Crippen molar-refractivity contribution in [2.75, 3.05) is 11.8 Å². The fourth-order valence-electron chi connectivity index (χ4n) is 5.41. The lowest BCUT2D eigenvalue weighted by atomic mass is 9.74. The van der Waals surface area contributed by atoms with Gasteiger partial charge in [0.05, 0.1) is 23.4 Å². The number of hydrogen-bond acceptors (Lipinski definition) is 6. The van der Waals surface area contributed by atoms with E-state index >= 15 is 0 Å². The van der Waals surface area contributed by atoms with Gasteiger partial charge in [0.25, 0.3) is 10.0 Å². The van der Waals surface area contributed by atoms with Crippen molar-refractivity contribution in [1.82, 2.24) is 4.98 Å². The molecule has 1 saturated carbocycles. The number of benzene rings is 1. The fraction of sp³-hybridized carbons (Fsp3) is 0.538. The molecule has 196 valence electrons. The number of allylic oxidation sites excluding steroid dienone is 2. The van der Waals surface area contributed by atoms with Crippen molar-refractivity contribution in [3.63, 3.8) is 0 Å². The first kappa shape index (κ1) is 26.6. The number of ether oxygens (including phenoxy) is 1. The topological polar surface area (TPSA) is 106 Å². The Hall–Kier alpha value is -2.46. The van der Waals surface area contributed by atoms with Crippen molar-refractivity contribution < 1.29 is 27.4 Å². The molecular formula is C26H33FN2O5S2. The summed E-state index contributed by atoms with van der Waals surface area (Å²) in [4.78, 5) is 15.6. The Labute approximate surface area is 215 Å². The third kappa shape index (κ3) is 5.91. The zero-order valence-corrected chi connectivity index (χ0v) is 22.3. The highest BCUT2D eigenvalue weighted by Gasteiger charge is 2.30. The quantitative estimate of drug-likeness (QED) is 0.350. The molecule has 1 aromatic carbocycles. The lowest BCUT2D eigenvalue weighted by Crippen LogP contribution is -2.18. The van der Waals surface area contributed by atoms with Crippen molar-refractivity contribution in [3.05, 3.63) is 45.6 Å². The van der Waals surface area contributed by atoms with Gasteiger partial charge in [-0.3, -0.25) is 4.72 Å². The summed E-state index contributed by atoms with van der Waals surface area (Å²) in [6.07, 6.45) is 12.9. The molecule has 2 aromatic rings. The van der Waals surface area contributed by atoms with Gasteiger partial charge in [0.15, 0.2) is 5.03 Å². The van der Waals surface area contributed by atoms with Gasteiger partial charge in [-0.2, -0.15) is 8.42 Å². The van der Waals surface area contributed by atoms with Gasteiger partial charge >= 0.3 is 5.97 Å².